The maximum atomic E-state index is 5.26. The van der Waals surface area contributed by atoms with Gasteiger partial charge in [0.15, 0.2) is 0 Å². The van der Waals surface area contributed by atoms with Gasteiger partial charge in [0, 0.05) is 24.0 Å². The highest BCUT2D eigenvalue weighted by Gasteiger charge is 2.14. The van der Waals surface area contributed by atoms with E-state index in [1.807, 2.05) is 19.2 Å². The zero-order chi connectivity index (χ0) is 14.4. The van der Waals surface area contributed by atoms with Gasteiger partial charge in [-0.2, -0.15) is 0 Å². The fourth-order valence-corrected chi connectivity index (χ4v) is 2.70. The second-order valence-corrected chi connectivity index (χ2v) is 5.79. The van der Waals surface area contributed by atoms with E-state index in [9.17, 15) is 0 Å². The number of pyridine rings is 1. The van der Waals surface area contributed by atoms with Gasteiger partial charge >= 0.3 is 0 Å². The van der Waals surface area contributed by atoms with Gasteiger partial charge in [-0.3, -0.25) is 4.98 Å². The molecule has 1 atom stereocenters. The summed E-state index contributed by atoms with van der Waals surface area (Å²) in [5.74, 6) is 0.792. The number of rotatable bonds is 7. The van der Waals surface area contributed by atoms with Crippen molar-refractivity contribution in [3.05, 3.63) is 40.1 Å². The maximum absolute atomic E-state index is 5.26. The summed E-state index contributed by atoms with van der Waals surface area (Å²) in [5, 5.41) is 6.80. The van der Waals surface area contributed by atoms with E-state index < -0.39 is 0 Å². The van der Waals surface area contributed by atoms with Crippen LogP contribution in [0, 0.1) is 6.92 Å². The van der Waals surface area contributed by atoms with Crippen LogP contribution in [0.15, 0.2) is 23.8 Å². The highest BCUT2D eigenvalue weighted by Crippen LogP contribution is 2.22. The summed E-state index contributed by atoms with van der Waals surface area (Å²) in [6.45, 7) is 5.18. The van der Waals surface area contributed by atoms with Gasteiger partial charge in [0.05, 0.1) is 24.0 Å². The van der Waals surface area contributed by atoms with E-state index in [1.165, 1.54) is 0 Å². The third kappa shape index (κ3) is 4.02. The molecule has 0 radical (unpaired) electrons. The van der Waals surface area contributed by atoms with Gasteiger partial charge in [-0.1, -0.05) is 6.92 Å². The van der Waals surface area contributed by atoms with Crippen molar-refractivity contribution in [2.24, 2.45) is 0 Å². The standard InChI is InChI=1S/C15H21N3OS/c1-4-5-17-15(7-13-10-20-11(2)18-13)12-6-14(19-3)9-16-8-12/h6,8-10,15,17H,4-5,7H2,1-3H3. The summed E-state index contributed by atoms with van der Waals surface area (Å²) in [6, 6.07) is 2.26. The average Bonchev–Trinajstić information content (AvgIpc) is 2.88. The molecule has 108 valence electrons. The van der Waals surface area contributed by atoms with E-state index in [1.54, 1.807) is 24.6 Å². The Morgan fingerprint density at radius 3 is 2.90 bits per heavy atom. The van der Waals surface area contributed by atoms with Crippen molar-refractivity contribution in [3.63, 3.8) is 0 Å². The van der Waals surface area contributed by atoms with Crippen molar-refractivity contribution >= 4 is 11.3 Å². The third-order valence-corrected chi connectivity index (χ3v) is 3.92. The van der Waals surface area contributed by atoms with Crippen LogP contribution in [0.3, 0.4) is 0 Å². The molecule has 0 aromatic carbocycles. The number of nitrogens with zero attached hydrogens (tertiary/aromatic N) is 2. The lowest BCUT2D eigenvalue weighted by atomic mass is 10.0. The van der Waals surface area contributed by atoms with Crippen molar-refractivity contribution < 1.29 is 4.74 Å². The van der Waals surface area contributed by atoms with Gasteiger partial charge in [-0.15, -0.1) is 11.3 Å². The molecule has 0 aliphatic heterocycles. The average molecular weight is 291 g/mol. The quantitative estimate of drug-likeness (QED) is 0.851. The molecule has 5 heteroatoms. The van der Waals surface area contributed by atoms with Crippen LogP contribution in [0.2, 0.25) is 0 Å². The number of aryl methyl sites for hydroxylation is 1. The summed E-state index contributed by atoms with van der Waals surface area (Å²) >= 11 is 1.69. The molecule has 20 heavy (non-hydrogen) atoms. The van der Waals surface area contributed by atoms with E-state index >= 15 is 0 Å². The van der Waals surface area contributed by atoms with Crippen LogP contribution in [-0.4, -0.2) is 23.6 Å². The lowest BCUT2D eigenvalue weighted by Crippen LogP contribution is -2.24. The van der Waals surface area contributed by atoms with Crippen LogP contribution in [0.5, 0.6) is 5.75 Å². The molecule has 0 aliphatic rings. The van der Waals surface area contributed by atoms with Crippen molar-refractivity contribution in [2.45, 2.75) is 32.7 Å². The molecule has 2 aromatic heterocycles. The Labute approximate surface area is 124 Å². The van der Waals surface area contributed by atoms with Crippen LogP contribution in [-0.2, 0) is 6.42 Å². The van der Waals surface area contributed by atoms with Crippen molar-refractivity contribution in [1.82, 2.24) is 15.3 Å². The van der Waals surface area contributed by atoms with E-state index in [4.69, 9.17) is 4.74 Å². The summed E-state index contributed by atoms with van der Waals surface area (Å²) in [6.07, 6.45) is 5.60. The Morgan fingerprint density at radius 2 is 2.25 bits per heavy atom. The Balaban J connectivity index is 2.17. The minimum atomic E-state index is 0.221. The predicted molar refractivity (Wildman–Crippen MR) is 82.4 cm³/mol. The molecule has 4 nitrogen and oxygen atoms in total. The van der Waals surface area contributed by atoms with Gasteiger partial charge in [0.1, 0.15) is 5.75 Å². The topological polar surface area (TPSA) is 47.0 Å². The summed E-state index contributed by atoms with van der Waals surface area (Å²) < 4.78 is 5.26. The lowest BCUT2D eigenvalue weighted by Gasteiger charge is -2.18. The first-order chi connectivity index (χ1) is 9.72. The molecule has 0 saturated carbocycles. The van der Waals surface area contributed by atoms with Crippen molar-refractivity contribution in [2.75, 3.05) is 13.7 Å². The minimum absolute atomic E-state index is 0.221. The number of thiazole rings is 1. The van der Waals surface area contributed by atoms with Crippen LogP contribution in [0.1, 0.15) is 35.7 Å². The SMILES string of the molecule is CCCNC(Cc1csc(C)n1)c1cncc(OC)c1. The van der Waals surface area contributed by atoms with Crippen LogP contribution in [0.4, 0.5) is 0 Å². The van der Waals surface area contributed by atoms with Crippen LogP contribution < -0.4 is 10.1 Å². The van der Waals surface area contributed by atoms with E-state index in [2.05, 4.69) is 27.6 Å². The third-order valence-electron chi connectivity index (χ3n) is 3.09. The zero-order valence-electron chi connectivity index (χ0n) is 12.2. The molecule has 2 rings (SSSR count). The molecule has 0 bridgehead atoms. The number of aromatic nitrogens is 2. The molecule has 0 spiro atoms. The smallest absolute Gasteiger partial charge is 0.137 e. The summed E-state index contributed by atoms with van der Waals surface area (Å²) in [4.78, 5) is 8.80. The number of hydrogen-bond acceptors (Lipinski definition) is 5. The highest BCUT2D eigenvalue weighted by molar-refractivity contribution is 7.09. The number of ether oxygens (including phenoxy) is 1. The molecule has 1 unspecified atom stereocenters. The largest absolute Gasteiger partial charge is 0.495 e. The first-order valence-corrected chi connectivity index (χ1v) is 7.74. The highest BCUT2D eigenvalue weighted by atomic mass is 32.1. The molecular formula is C15H21N3OS. The fourth-order valence-electron chi connectivity index (χ4n) is 2.08. The van der Waals surface area contributed by atoms with Crippen LogP contribution >= 0.6 is 11.3 Å². The predicted octanol–water partition coefficient (Wildman–Crippen LogP) is 3.14. The normalized spacial score (nSPS) is 12.3. The first kappa shape index (κ1) is 14.9. The second-order valence-electron chi connectivity index (χ2n) is 4.73. The molecule has 2 heterocycles. The van der Waals surface area contributed by atoms with Gasteiger partial charge in [-0.05, 0) is 31.5 Å². The summed E-state index contributed by atoms with van der Waals surface area (Å²) in [5.41, 5.74) is 2.27. The maximum Gasteiger partial charge on any atom is 0.137 e. The first-order valence-electron chi connectivity index (χ1n) is 6.86. The molecule has 1 N–H and O–H groups in total. The molecular weight excluding hydrogens is 270 g/mol. The van der Waals surface area contributed by atoms with Gasteiger partial charge in [0.25, 0.3) is 0 Å². The molecule has 0 amide bonds. The van der Waals surface area contributed by atoms with E-state index in [-0.39, 0.29) is 6.04 Å². The molecule has 0 fully saturated rings. The Hall–Kier alpha value is -1.46. The fraction of sp³-hybridized carbons (Fsp3) is 0.467. The number of methoxy groups -OCH3 is 1. The monoisotopic (exact) mass is 291 g/mol. The van der Waals surface area contributed by atoms with Crippen molar-refractivity contribution in [1.29, 1.82) is 0 Å². The Morgan fingerprint density at radius 1 is 1.40 bits per heavy atom. The molecule has 2 aromatic rings. The Bertz CT molecular complexity index is 541. The summed E-state index contributed by atoms with van der Waals surface area (Å²) in [7, 11) is 1.67. The van der Waals surface area contributed by atoms with Gasteiger partial charge in [0.2, 0.25) is 0 Å². The number of nitrogens with one attached hydrogen (secondary N) is 1. The van der Waals surface area contributed by atoms with Gasteiger partial charge in [-0.25, -0.2) is 4.98 Å². The lowest BCUT2D eigenvalue weighted by molar-refractivity contribution is 0.410. The number of hydrogen-bond donors (Lipinski definition) is 1. The Kier molecular flexibility index (Phi) is 5.49. The molecule has 0 aliphatic carbocycles. The minimum Gasteiger partial charge on any atom is -0.495 e. The van der Waals surface area contributed by atoms with E-state index in [0.717, 1.165) is 41.4 Å². The van der Waals surface area contributed by atoms with E-state index in [0.29, 0.717) is 0 Å². The zero-order valence-corrected chi connectivity index (χ0v) is 13.0. The van der Waals surface area contributed by atoms with Crippen LogP contribution in [0.25, 0.3) is 0 Å². The molecule has 0 saturated heterocycles. The van der Waals surface area contributed by atoms with Gasteiger partial charge < -0.3 is 10.1 Å². The second kappa shape index (κ2) is 7.36. The van der Waals surface area contributed by atoms with Crippen molar-refractivity contribution in [3.8, 4) is 5.75 Å².